The van der Waals surface area contributed by atoms with E-state index in [1.165, 1.54) is 22.7 Å². The maximum Gasteiger partial charge on any atom is 0.295 e. The molecule has 1 saturated heterocycles. The number of hydrogen-bond acceptors (Lipinski definition) is 7. The first-order chi connectivity index (χ1) is 12.4. The molecule has 1 aromatic heterocycles. The second-order valence-electron chi connectivity index (χ2n) is 5.86. The van der Waals surface area contributed by atoms with Gasteiger partial charge in [0.15, 0.2) is 0 Å². The van der Waals surface area contributed by atoms with Crippen LogP contribution in [-0.4, -0.2) is 46.7 Å². The first-order valence-electron chi connectivity index (χ1n) is 7.94. The average Bonchev–Trinajstić information content (AvgIpc) is 3.27. The number of nitrogens with zero attached hydrogens (tertiary/aromatic N) is 5. The molecule has 26 heavy (non-hydrogen) atoms. The Morgan fingerprint density at radius 2 is 2.08 bits per heavy atom. The van der Waals surface area contributed by atoms with E-state index in [1.807, 2.05) is 0 Å². The van der Waals surface area contributed by atoms with E-state index >= 15 is 0 Å². The number of rotatable bonds is 6. The second kappa shape index (κ2) is 7.22. The van der Waals surface area contributed by atoms with Gasteiger partial charge in [-0.25, -0.2) is 8.42 Å². The molecule has 0 unspecified atom stereocenters. The van der Waals surface area contributed by atoms with Crippen molar-refractivity contribution < 1.29 is 13.3 Å². The summed E-state index contributed by atoms with van der Waals surface area (Å²) in [5.74, 6) is 0. The van der Waals surface area contributed by atoms with Crippen LogP contribution in [0.4, 0.5) is 11.4 Å². The molecule has 3 rings (SSSR count). The topological polar surface area (TPSA) is 123 Å². The van der Waals surface area contributed by atoms with Gasteiger partial charge in [-0.15, -0.1) is 0 Å². The number of benzene rings is 1. The molecule has 1 aliphatic heterocycles. The number of nitrogens with one attached hydrogen (secondary N) is 1. The Morgan fingerprint density at radius 3 is 2.69 bits per heavy atom. The molecule has 1 fully saturated rings. The number of anilines is 1. The molecule has 0 radical (unpaired) electrons. The fraction of sp³-hybridized carbons (Fsp3) is 0.333. The Morgan fingerprint density at radius 1 is 1.35 bits per heavy atom. The van der Waals surface area contributed by atoms with Crippen LogP contribution >= 0.6 is 0 Å². The molecule has 1 aliphatic rings. The molecule has 1 N–H and O–H groups in total. The van der Waals surface area contributed by atoms with Crippen LogP contribution < -0.4 is 5.43 Å². The summed E-state index contributed by atoms with van der Waals surface area (Å²) in [7, 11) is -1.96. The predicted octanol–water partition coefficient (Wildman–Crippen LogP) is 1.56. The lowest BCUT2D eigenvalue weighted by Crippen LogP contribution is -2.27. The molecule has 2 heterocycles. The van der Waals surface area contributed by atoms with Crippen molar-refractivity contribution in [3.8, 4) is 0 Å². The van der Waals surface area contributed by atoms with E-state index in [-0.39, 0.29) is 16.3 Å². The summed E-state index contributed by atoms with van der Waals surface area (Å²) in [6, 6.07) is 3.76. The minimum atomic E-state index is -3.72. The molecule has 138 valence electrons. The van der Waals surface area contributed by atoms with E-state index < -0.39 is 14.9 Å². The van der Waals surface area contributed by atoms with Crippen molar-refractivity contribution in [3.05, 3.63) is 46.3 Å². The summed E-state index contributed by atoms with van der Waals surface area (Å²) in [6.07, 6.45) is 6.37. The smallest absolute Gasteiger partial charge is 0.275 e. The molecule has 11 heteroatoms. The predicted molar refractivity (Wildman–Crippen MR) is 95.5 cm³/mol. The van der Waals surface area contributed by atoms with Crippen LogP contribution in [0.1, 0.15) is 18.4 Å². The SMILES string of the molecule is Cn1cc(/C=N/Nc2ccc(S(=O)(=O)N3CCCC3)cc2[N+](=O)[O-])cn1. The van der Waals surface area contributed by atoms with Gasteiger partial charge in [-0.05, 0) is 25.0 Å². The van der Waals surface area contributed by atoms with E-state index in [4.69, 9.17) is 0 Å². The molecule has 0 spiro atoms. The van der Waals surface area contributed by atoms with E-state index in [9.17, 15) is 18.5 Å². The van der Waals surface area contributed by atoms with Crippen LogP contribution in [0.3, 0.4) is 0 Å². The largest absolute Gasteiger partial charge is 0.295 e. The Kier molecular flexibility index (Phi) is 5.00. The zero-order valence-electron chi connectivity index (χ0n) is 14.1. The van der Waals surface area contributed by atoms with Gasteiger partial charge in [0, 0.05) is 38.0 Å². The Bertz CT molecular complexity index is 947. The fourth-order valence-corrected chi connectivity index (χ4v) is 4.22. The number of sulfonamides is 1. The zero-order valence-corrected chi connectivity index (χ0v) is 14.9. The summed E-state index contributed by atoms with van der Waals surface area (Å²) in [4.78, 5) is 10.6. The third-order valence-electron chi connectivity index (χ3n) is 3.99. The van der Waals surface area contributed by atoms with Crippen LogP contribution in [0.2, 0.25) is 0 Å². The van der Waals surface area contributed by atoms with Gasteiger partial charge >= 0.3 is 0 Å². The van der Waals surface area contributed by atoms with Gasteiger partial charge in [-0.2, -0.15) is 14.5 Å². The van der Waals surface area contributed by atoms with E-state index in [2.05, 4.69) is 15.6 Å². The number of hydrazone groups is 1. The lowest BCUT2D eigenvalue weighted by molar-refractivity contribution is -0.384. The first kappa shape index (κ1) is 18.0. The van der Waals surface area contributed by atoms with E-state index in [1.54, 1.807) is 24.1 Å². The standard InChI is InChI=1S/C15H18N6O4S/c1-19-11-12(10-17-19)9-16-18-14-5-4-13(8-15(14)21(22)23)26(24,25)20-6-2-3-7-20/h4-5,8-11,18H,2-3,6-7H2,1H3/b16-9+. The van der Waals surface area contributed by atoms with Crippen molar-refractivity contribution in [2.75, 3.05) is 18.5 Å². The number of nitro groups is 1. The van der Waals surface area contributed by atoms with Crippen LogP contribution in [0.5, 0.6) is 0 Å². The summed E-state index contributed by atoms with van der Waals surface area (Å²) < 4.78 is 28.1. The Balaban J connectivity index is 1.85. The number of hydrogen-bond donors (Lipinski definition) is 1. The third kappa shape index (κ3) is 3.73. The van der Waals surface area contributed by atoms with Crippen LogP contribution in [0.15, 0.2) is 40.6 Å². The van der Waals surface area contributed by atoms with E-state index in [0.717, 1.165) is 24.5 Å². The van der Waals surface area contributed by atoms with Gasteiger partial charge in [0.25, 0.3) is 5.69 Å². The summed E-state index contributed by atoms with van der Waals surface area (Å²) in [6.45, 7) is 0.872. The monoisotopic (exact) mass is 378 g/mol. The first-order valence-corrected chi connectivity index (χ1v) is 9.38. The van der Waals surface area contributed by atoms with Crippen LogP contribution in [0, 0.1) is 10.1 Å². The van der Waals surface area contributed by atoms with Gasteiger partial charge in [0.2, 0.25) is 10.0 Å². The minimum Gasteiger partial charge on any atom is -0.275 e. The minimum absolute atomic E-state index is 0.0899. The molecule has 10 nitrogen and oxygen atoms in total. The highest BCUT2D eigenvalue weighted by atomic mass is 32.2. The average molecular weight is 378 g/mol. The quantitative estimate of drug-likeness (QED) is 0.462. The molecule has 2 aromatic rings. The van der Waals surface area contributed by atoms with Gasteiger partial charge in [-0.1, -0.05) is 0 Å². The van der Waals surface area contributed by atoms with Crippen molar-refractivity contribution in [2.24, 2.45) is 12.1 Å². The van der Waals surface area contributed by atoms with E-state index in [0.29, 0.717) is 13.1 Å². The number of nitro benzene ring substituents is 1. The van der Waals surface area contributed by atoms with Crippen molar-refractivity contribution >= 4 is 27.6 Å². The summed E-state index contributed by atoms with van der Waals surface area (Å²) in [5.41, 5.74) is 3.06. The molecular weight excluding hydrogens is 360 g/mol. The van der Waals surface area contributed by atoms with Crippen molar-refractivity contribution in [3.63, 3.8) is 0 Å². The fourth-order valence-electron chi connectivity index (χ4n) is 2.68. The lowest BCUT2D eigenvalue weighted by Gasteiger charge is -2.15. The summed E-state index contributed by atoms with van der Waals surface area (Å²) in [5, 5.41) is 19.3. The third-order valence-corrected chi connectivity index (χ3v) is 5.89. The highest BCUT2D eigenvalue weighted by Gasteiger charge is 2.29. The van der Waals surface area contributed by atoms with Crippen molar-refractivity contribution in [1.29, 1.82) is 0 Å². The number of aryl methyl sites for hydroxylation is 1. The highest BCUT2D eigenvalue weighted by molar-refractivity contribution is 7.89. The molecular formula is C15H18N6O4S. The van der Waals surface area contributed by atoms with Crippen LogP contribution in [0.25, 0.3) is 0 Å². The van der Waals surface area contributed by atoms with Gasteiger partial charge in [-0.3, -0.25) is 20.2 Å². The Hall–Kier alpha value is -2.79. The summed E-state index contributed by atoms with van der Waals surface area (Å²) >= 11 is 0. The molecule has 0 atom stereocenters. The maximum atomic E-state index is 12.6. The lowest BCUT2D eigenvalue weighted by atomic mass is 10.3. The molecule has 1 aromatic carbocycles. The normalized spacial score (nSPS) is 15.6. The Labute approximate surface area is 150 Å². The maximum absolute atomic E-state index is 12.6. The highest BCUT2D eigenvalue weighted by Crippen LogP contribution is 2.30. The van der Waals surface area contributed by atoms with Gasteiger partial charge in [0.1, 0.15) is 5.69 Å². The molecule has 0 amide bonds. The van der Waals surface area contributed by atoms with Gasteiger partial charge < -0.3 is 0 Å². The second-order valence-corrected chi connectivity index (χ2v) is 7.80. The van der Waals surface area contributed by atoms with Crippen molar-refractivity contribution in [2.45, 2.75) is 17.7 Å². The molecule has 0 saturated carbocycles. The van der Waals surface area contributed by atoms with Crippen LogP contribution in [-0.2, 0) is 17.1 Å². The number of aromatic nitrogens is 2. The molecule has 0 aliphatic carbocycles. The van der Waals surface area contributed by atoms with Gasteiger partial charge in [0.05, 0.1) is 22.2 Å². The zero-order chi connectivity index (χ0) is 18.7. The van der Waals surface area contributed by atoms with Crippen molar-refractivity contribution in [1.82, 2.24) is 14.1 Å². The molecule has 0 bridgehead atoms.